The quantitative estimate of drug-likeness (QED) is 0.266. The van der Waals surface area contributed by atoms with Crippen LogP contribution in [0.15, 0.2) is 60.6 Å². The molecule has 7 heteroatoms. The van der Waals surface area contributed by atoms with Gasteiger partial charge in [0, 0.05) is 18.3 Å². The molecule has 0 fully saturated rings. The Kier molecular flexibility index (Phi) is 8.23. The molecule has 180 valence electrons. The molecule has 0 amide bonds. The molecule has 0 aliphatic rings. The first-order chi connectivity index (χ1) is 16.1. The second kappa shape index (κ2) is 11.1. The minimum absolute atomic E-state index is 0.267. The van der Waals surface area contributed by atoms with E-state index in [0.717, 1.165) is 22.5 Å². The second-order valence-corrected chi connectivity index (χ2v) is 9.08. The van der Waals surface area contributed by atoms with Crippen LogP contribution in [0.3, 0.4) is 0 Å². The van der Waals surface area contributed by atoms with Crippen molar-refractivity contribution >= 4 is 12.0 Å². The first kappa shape index (κ1) is 25.2. The number of nitrogens with zero attached hydrogens (tertiary/aromatic N) is 2. The van der Waals surface area contributed by atoms with Crippen LogP contribution in [-0.4, -0.2) is 34.8 Å². The molecule has 0 atom stereocenters. The van der Waals surface area contributed by atoms with E-state index < -0.39 is 5.60 Å². The van der Waals surface area contributed by atoms with Crippen LogP contribution < -0.4 is 10.1 Å². The molecule has 3 rings (SSSR count). The third-order valence-electron chi connectivity index (χ3n) is 4.98. The van der Waals surface area contributed by atoms with Gasteiger partial charge >= 0.3 is 5.97 Å². The number of esters is 1. The fraction of sp³-hybridized carbons (Fsp3) is 0.333. The zero-order valence-corrected chi connectivity index (χ0v) is 20.4. The van der Waals surface area contributed by atoms with E-state index in [1.54, 1.807) is 19.5 Å². The van der Waals surface area contributed by atoms with Crippen LogP contribution in [0.2, 0.25) is 0 Å². The number of hydrogen-bond donors (Lipinski definition) is 1. The van der Waals surface area contributed by atoms with E-state index >= 15 is 0 Å². The Balaban J connectivity index is 1.79. The summed E-state index contributed by atoms with van der Waals surface area (Å²) >= 11 is 0. The van der Waals surface area contributed by atoms with Crippen molar-refractivity contribution < 1.29 is 18.7 Å². The van der Waals surface area contributed by atoms with Crippen molar-refractivity contribution in [2.45, 2.75) is 46.3 Å². The Morgan fingerprint density at radius 1 is 1.21 bits per heavy atom. The SMILES string of the molecule is COc1cc(C=C(CCNCc2cccc(F)c2)C(=O)OC(C)(C)C)ccc1-n1cnc(C)c1. The first-order valence-corrected chi connectivity index (χ1v) is 11.2. The van der Waals surface area contributed by atoms with Gasteiger partial charge in [-0.25, -0.2) is 14.2 Å². The molecule has 0 unspecified atom stereocenters. The molecule has 0 saturated carbocycles. The van der Waals surface area contributed by atoms with E-state index in [4.69, 9.17) is 9.47 Å². The van der Waals surface area contributed by atoms with Gasteiger partial charge in [0.25, 0.3) is 0 Å². The van der Waals surface area contributed by atoms with Crippen molar-refractivity contribution in [1.82, 2.24) is 14.9 Å². The number of nitrogens with one attached hydrogen (secondary N) is 1. The summed E-state index contributed by atoms with van der Waals surface area (Å²) in [4.78, 5) is 17.2. The molecule has 0 aliphatic carbocycles. The van der Waals surface area contributed by atoms with Gasteiger partial charge in [0.05, 0.1) is 24.8 Å². The molecule has 0 bridgehead atoms. The van der Waals surface area contributed by atoms with Gasteiger partial charge in [-0.1, -0.05) is 18.2 Å². The second-order valence-electron chi connectivity index (χ2n) is 9.08. The molecular formula is C27H32FN3O3. The number of rotatable bonds is 9. The first-order valence-electron chi connectivity index (χ1n) is 11.2. The van der Waals surface area contributed by atoms with Crippen LogP contribution in [0.1, 0.15) is 44.0 Å². The monoisotopic (exact) mass is 465 g/mol. The van der Waals surface area contributed by atoms with Crippen molar-refractivity contribution in [3.05, 3.63) is 83.2 Å². The van der Waals surface area contributed by atoms with Gasteiger partial charge in [0.2, 0.25) is 0 Å². The van der Waals surface area contributed by atoms with E-state index in [9.17, 15) is 9.18 Å². The van der Waals surface area contributed by atoms with Crippen molar-refractivity contribution in [2.24, 2.45) is 0 Å². The number of halogens is 1. The molecule has 6 nitrogen and oxygen atoms in total. The maximum Gasteiger partial charge on any atom is 0.334 e. The summed E-state index contributed by atoms with van der Waals surface area (Å²) in [6, 6.07) is 12.2. The number of hydrogen-bond acceptors (Lipinski definition) is 5. The van der Waals surface area contributed by atoms with Gasteiger partial charge in [-0.2, -0.15) is 0 Å². The number of methoxy groups -OCH3 is 1. The van der Waals surface area contributed by atoms with E-state index in [1.165, 1.54) is 12.1 Å². The normalized spacial score (nSPS) is 12.0. The lowest BCUT2D eigenvalue weighted by Crippen LogP contribution is -2.26. The third-order valence-corrected chi connectivity index (χ3v) is 4.98. The third kappa shape index (κ3) is 7.28. The zero-order valence-electron chi connectivity index (χ0n) is 20.4. The summed E-state index contributed by atoms with van der Waals surface area (Å²) in [5.74, 6) is 0.0316. The van der Waals surface area contributed by atoms with Crippen LogP contribution in [0.25, 0.3) is 11.8 Å². The molecule has 0 radical (unpaired) electrons. The number of carbonyl (C=O) groups excluding carboxylic acids is 1. The lowest BCUT2D eigenvalue weighted by atomic mass is 10.1. The standard InChI is InChI=1S/C27H32FN3O3/c1-19-17-31(18-30-19)24-10-9-20(15-25(24)33-5)13-22(26(32)34-27(2,3)4)11-12-29-16-21-7-6-8-23(28)14-21/h6-10,13-15,17-18,29H,11-12,16H2,1-5H3. The zero-order chi connectivity index (χ0) is 24.7. The van der Waals surface area contributed by atoms with Crippen LogP contribution in [0.5, 0.6) is 5.75 Å². The van der Waals surface area contributed by atoms with Gasteiger partial charge in [-0.05, 0) is 82.1 Å². The molecule has 1 aromatic heterocycles. The summed E-state index contributed by atoms with van der Waals surface area (Å²) in [5.41, 5.74) is 3.36. The maximum atomic E-state index is 13.4. The minimum Gasteiger partial charge on any atom is -0.495 e. The summed E-state index contributed by atoms with van der Waals surface area (Å²) in [5, 5.41) is 3.27. The highest BCUT2D eigenvalue weighted by molar-refractivity contribution is 5.94. The van der Waals surface area contributed by atoms with E-state index in [1.807, 2.05) is 68.8 Å². The Morgan fingerprint density at radius 2 is 2.00 bits per heavy atom. The number of ether oxygens (including phenoxy) is 2. The molecule has 1 N–H and O–H groups in total. The smallest absolute Gasteiger partial charge is 0.334 e. The Bertz CT molecular complexity index is 1160. The Hall–Kier alpha value is -3.45. The van der Waals surface area contributed by atoms with Gasteiger partial charge in [0.1, 0.15) is 17.2 Å². The summed E-state index contributed by atoms with van der Waals surface area (Å²) in [6.45, 7) is 8.49. The lowest BCUT2D eigenvalue weighted by molar-refractivity contribution is -0.149. The molecule has 34 heavy (non-hydrogen) atoms. The van der Waals surface area contributed by atoms with E-state index in [-0.39, 0.29) is 11.8 Å². The Labute approximate surface area is 200 Å². The van der Waals surface area contributed by atoms with Crippen LogP contribution in [0, 0.1) is 12.7 Å². The number of aromatic nitrogens is 2. The van der Waals surface area contributed by atoms with Gasteiger partial charge < -0.3 is 19.4 Å². The van der Waals surface area contributed by atoms with Crippen molar-refractivity contribution in [3.8, 4) is 11.4 Å². The average molecular weight is 466 g/mol. The number of benzene rings is 2. The van der Waals surface area contributed by atoms with Gasteiger partial charge in [-0.3, -0.25) is 0 Å². The Morgan fingerprint density at radius 3 is 2.65 bits per heavy atom. The molecule has 0 spiro atoms. The van der Waals surface area contributed by atoms with E-state index in [2.05, 4.69) is 10.3 Å². The predicted molar refractivity (Wildman–Crippen MR) is 131 cm³/mol. The fourth-order valence-electron chi connectivity index (χ4n) is 3.43. The maximum absolute atomic E-state index is 13.4. The molecular weight excluding hydrogens is 433 g/mol. The highest BCUT2D eigenvalue weighted by Crippen LogP contribution is 2.26. The van der Waals surface area contributed by atoms with Crippen molar-refractivity contribution in [3.63, 3.8) is 0 Å². The van der Waals surface area contributed by atoms with Crippen LogP contribution >= 0.6 is 0 Å². The van der Waals surface area contributed by atoms with Gasteiger partial charge in [0.15, 0.2) is 0 Å². The minimum atomic E-state index is -0.605. The summed E-state index contributed by atoms with van der Waals surface area (Å²) in [7, 11) is 1.61. The molecule has 1 heterocycles. The van der Waals surface area contributed by atoms with Crippen LogP contribution in [-0.2, 0) is 16.1 Å². The topological polar surface area (TPSA) is 65.4 Å². The number of carbonyl (C=O) groups is 1. The molecule has 0 aliphatic heterocycles. The number of imidazole rings is 1. The lowest BCUT2D eigenvalue weighted by Gasteiger charge is -2.21. The van der Waals surface area contributed by atoms with Crippen LogP contribution in [0.4, 0.5) is 4.39 Å². The molecule has 0 saturated heterocycles. The average Bonchev–Trinajstić information content (AvgIpc) is 3.20. The highest BCUT2D eigenvalue weighted by Gasteiger charge is 2.20. The summed E-state index contributed by atoms with van der Waals surface area (Å²) < 4.78 is 26.5. The van der Waals surface area contributed by atoms with Gasteiger partial charge in [-0.15, -0.1) is 0 Å². The fourth-order valence-corrected chi connectivity index (χ4v) is 3.43. The summed E-state index contributed by atoms with van der Waals surface area (Å²) in [6.07, 6.45) is 5.93. The highest BCUT2D eigenvalue weighted by atomic mass is 19.1. The predicted octanol–water partition coefficient (Wildman–Crippen LogP) is 5.23. The number of aryl methyl sites for hydroxylation is 1. The van der Waals surface area contributed by atoms with Crippen molar-refractivity contribution in [1.29, 1.82) is 0 Å². The van der Waals surface area contributed by atoms with E-state index in [0.29, 0.717) is 30.8 Å². The largest absolute Gasteiger partial charge is 0.495 e. The van der Waals surface area contributed by atoms with Crippen molar-refractivity contribution in [2.75, 3.05) is 13.7 Å². The molecule has 2 aromatic carbocycles. The molecule has 3 aromatic rings.